The molecule has 0 atom stereocenters. The maximum Gasteiger partial charge on any atom is 0.293 e. The number of thioether (sulfide) groups is 1. The van der Waals surface area contributed by atoms with E-state index in [-0.39, 0.29) is 23.4 Å². The van der Waals surface area contributed by atoms with Crippen molar-refractivity contribution in [1.82, 2.24) is 4.90 Å². The Morgan fingerprint density at radius 2 is 2.00 bits per heavy atom. The first-order valence-corrected chi connectivity index (χ1v) is 9.38. The number of phenolic OH excluding ortho intramolecular Hbond substituents is 1. The van der Waals surface area contributed by atoms with Gasteiger partial charge in [0.2, 0.25) is 0 Å². The van der Waals surface area contributed by atoms with Crippen molar-refractivity contribution in [2.75, 3.05) is 7.11 Å². The molecule has 1 aliphatic heterocycles. The molecule has 134 valence electrons. The van der Waals surface area contributed by atoms with Gasteiger partial charge in [-0.25, -0.2) is 0 Å². The van der Waals surface area contributed by atoms with E-state index in [1.165, 1.54) is 18.1 Å². The van der Waals surface area contributed by atoms with E-state index in [4.69, 9.17) is 4.74 Å². The van der Waals surface area contributed by atoms with E-state index in [9.17, 15) is 14.7 Å². The second-order valence-corrected chi connectivity index (χ2v) is 7.59. The molecule has 1 fully saturated rings. The van der Waals surface area contributed by atoms with Crippen LogP contribution in [-0.2, 0) is 11.3 Å². The van der Waals surface area contributed by atoms with Gasteiger partial charge >= 0.3 is 0 Å². The molecule has 1 N–H and O–H groups in total. The topological polar surface area (TPSA) is 66.8 Å². The lowest BCUT2D eigenvalue weighted by molar-refractivity contribution is -0.123. The van der Waals surface area contributed by atoms with Crippen LogP contribution in [0.4, 0.5) is 4.79 Å². The van der Waals surface area contributed by atoms with Crippen LogP contribution >= 0.6 is 27.7 Å². The Hall–Kier alpha value is -2.25. The quantitative estimate of drug-likeness (QED) is 0.707. The monoisotopic (exact) mass is 433 g/mol. The summed E-state index contributed by atoms with van der Waals surface area (Å²) in [5.41, 5.74) is 2.60. The number of rotatable bonds is 4. The fourth-order valence-electron chi connectivity index (χ4n) is 2.57. The molecule has 0 aliphatic carbocycles. The van der Waals surface area contributed by atoms with E-state index in [1.54, 1.807) is 12.1 Å². The molecule has 5 nitrogen and oxygen atoms in total. The zero-order valence-electron chi connectivity index (χ0n) is 14.2. The number of hydrogen-bond acceptors (Lipinski definition) is 5. The van der Waals surface area contributed by atoms with Crippen LogP contribution in [0.3, 0.4) is 0 Å². The summed E-state index contributed by atoms with van der Waals surface area (Å²) in [4.78, 5) is 26.6. The molecule has 1 aliphatic rings. The van der Waals surface area contributed by atoms with Gasteiger partial charge in [-0.15, -0.1) is 0 Å². The largest absolute Gasteiger partial charge is 0.504 e. The zero-order valence-corrected chi connectivity index (χ0v) is 16.6. The molecular formula is C19H16BrNO4S. The number of imide groups is 1. The highest BCUT2D eigenvalue weighted by Gasteiger charge is 2.35. The van der Waals surface area contributed by atoms with Gasteiger partial charge in [0.05, 0.1) is 18.6 Å². The molecule has 0 aromatic heterocycles. The number of halogens is 1. The third-order valence-corrected chi connectivity index (χ3v) is 5.64. The zero-order chi connectivity index (χ0) is 18.8. The molecule has 3 rings (SSSR count). The van der Waals surface area contributed by atoms with Gasteiger partial charge in [0, 0.05) is 4.47 Å². The van der Waals surface area contributed by atoms with Crippen LogP contribution in [0, 0.1) is 6.92 Å². The molecule has 7 heteroatoms. The van der Waals surface area contributed by atoms with Crippen molar-refractivity contribution in [1.29, 1.82) is 0 Å². The molecule has 1 heterocycles. The number of hydrogen-bond donors (Lipinski definition) is 1. The first-order chi connectivity index (χ1) is 12.4. The Bertz CT molecular complexity index is 926. The Morgan fingerprint density at radius 3 is 2.69 bits per heavy atom. The lowest BCUT2D eigenvalue weighted by Gasteiger charge is -2.14. The van der Waals surface area contributed by atoms with Crippen LogP contribution < -0.4 is 4.74 Å². The third-order valence-electron chi connectivity index (χ3n) is 4.05. The maximum atomic E-state index is 12.7. The summed E-state index contributed by atoms with van der Waals surface area (Å²) >= 11 is 4.25. The normalized spacial score (nSPS) is 15.8. The molecule has 2 amide bonds. The molecule has 26 heavy (non-hydrogen) atoms. The van der Waals surface area contributed by atoms with Crippen molar-refractivity contribution < 1.29 is 19.4 Å². The van der Waals surface area contributed by atoms with E-state index >= 15 is 0 Å². The van der Waals surface area contributed by atoms with Crippen LogP contribution in [0.1, 0.15) is 16.7 Å². The highest BCUT2D eigenvalue weighted by atomic mass is 79.9. The molecule has 2 aromatic carbocycles. The first kappa shape index (κ1) is 18.5. The average Bonchev–Trinajstić information content (AvgIpc) is 2.86. The number of carbonyl (C=O) groups is 2. The highest BCUT2D eigenvalue weighted by molar-refractivity contribution is 9.10. The highest BCUT2D eigenvalue weighted by Crippen LogP contribution is 2.37. The van der Waals surface area contributed by atoms with Gasteiger partial charge in [0.25, 0.3) is 11.1 Å². The smallest absolute Gasteiger partial charge is 0.293 e. The molecule has 0 saturated carbocycles. The number of nitrogens with zero attached hydrogens (tertiary/aromatic N) is 1. The second-order valence-electron chi connectivity index (χ2n) is 5.74. The second kappa shape index (κ2) is 7.55. The van der Waals surface area contributed by atoms with Gasteiger partial charge in [0.1, 0.15) is 0 Å². The van der Waals surface area contributed by atoms with Crippen LogP contribution in [0.15, 0.2) is 45.8 Å². The van der Waals surface area contributed by atoms with Crippen molar-refractivity contribution in [3.63, 3.8) is 0 Å². The summed E-state index contributed by atoms with van der Waals surface area (Å²) in [5.74, 6) is -0.0510. The van der Waals surface area contributed by atoms with Crippen molar-refractivity contribution in [3.8, 4) is 11.5 Å². The predicted molar refractivity (Wildman–Crippen MR) is 105 cm³/mol. The summed E-state index contributed by atoms with van der Waals surface area (Å²) in [5, 5.41) is 9.49. The molecule has 1 saturated heterocycles. The number of amides is 2. The molecule has 0 spiro atoms. The van der Waals surface area contributed by atoms with E-state index in [0.29, 0.717) is 20.7 Å². The van der Waals surface area contributed by atoms with Crippen LogP contribution in [0.2, 0.25) is 0 Å². The Morgan fingerprint density at radius 1 is 1.27 bits per heavy atom. The fraction of sp³-hybridized carbons (Fsp3) is 0.158. The van der Waals surface area contributed by atoms with Crippen LogP contribution in [0.25, 0.3) is 6.08 Å². The fourth-order valence-corrected chi connectivity index (χ4v) is 3.84. The predicted octanol–water partition coefficient (Wildman–Crippen LogP) is 4.71. The minimum absolute atomic E-state index is 0.0100. The van der Waals surface area contributed by atoms with Gasteiger partial charge in [-0.3, -0.25) is 14.5 Å². The molecular weight excluding hydrogens is 418 g/mol. The number of ether oxygens (including phenoxy) is 1. The van der Waals surface area contributed by atoms with Gasteiger partial charge in [-0.05, 0) is 53.6 Å². The minimum Gasteiger partial charge on any atom is -0.504 e. The SMILES string of the molecule is COc1cc(/C=C2\SC(=O)N(Cc3ccccc3C)C2=O)c(Br)cc1O. The van der Waals surface area contributed by atoms with Crippen molar-refractivity contribution >= 4 is 44.9 Å². The molecule has 0 radical (unpaired) electrons. The summed E-state index contributed by atoms with van der Waals surface area (Å²) in [7, 11) is 1.45. The Kier molecular flexibility index (Phi) is 5.38. The Labute approximate surface area is 163 Å². The van der Waals surface area contributed by atoms with E-state index < -0.39 is 0 Å². The van der Waals surface area contributed by atoms with E-state index in [1.807, 2.05) is 31.2 Å². The van der Waals surface area contributed by atoms with Crippen LogP contribution in [0.5, 0.6) is 11.5 Å². The average molecular weight is 434 g/mol. The van der Waals surface area contributed by atoms with Gasteiger partial charge in [0.15, 0.2) is 11.5 Å². The lowest BCUT2D eigenvalue weighted by Crippen LogP contribution is -2.27. The maximum absolute atomic E-state index is 12.7. The standard InChI is InChI=1S/C19H16BrNO4S/c1-11-5-3-4-6-12(11)10-21-18(23)17(26-19(21)24)8-13-7-16(25-2)15(22)9-14(13)20/h3-9,22H,10H2,1-2H3/b17-8-. The van der Waals surface area contributed by atoms with Crippen molar-refractivity contribution in [2.24, 2.45) is 0 Å². The van der Waals surface area contributed by atoms with Crippen LogP contribution in [-0.4, -0.2) is 28.3 Å². The number of phenols is 1. The number of carbonyl (C=O) groups excluding carboxylic acids is 2. The van der Waals surface area contributed by atoms with Crippen molar-refractivity contribution in [3.05, 3.63) is 62.5 Å². The lowest BCUT2D eigenvalue weighted by atomic mass is 10.1. The molecule has 2 aromatic rings. The summed E-state index contributed by atoms with van der Waals surface area (Å²) in [6, 6.07) is 10.8. The third kappa shape index (κ3) is 3.64. The first-order valence-electron chi connectivity index (χ1n) is 7.77. The minimum atomic E-state index is -0.331. The van der Waals surface area contributed by atoms with Gasteiger partial charge < -0.3 is 9.84 Å². The molecule has 0 bridgehead atoms. The van der Waals surface area contributed by atoms with E-state index in [2.05, 4.69) is 15.9 Å². The Balaban J connectivity index is 1.89. The van der Waals surface area contributed by atoms with Crippen molar-refractivity contribution in [2.45, 2.75) is 13.5 Å². The number of aryl methyl sites for hydroxylation is 1. The molecule has 0 unspecified atom stereocenters. The summed E-state index contributed by atoms with van der Waals surface area (Å²) in [6.07, 6.45) is 1.62. The number of aromatic hydroxyl groups is 1. The van der Waals surface area contributed by atoms with Gasteiger partial charge in [-0.1, -0.05) is 40.2 Å². The summed E-state index contributed by atoms with van der Waals surface area (Å²) in [6.45, 7) is 2.19. The van der Waals surface area contributed by atoms with E-state index in [0.717, 1.165) is 22.9 Å². The van der Waals surface area contributed by atoms with Gasteiger partial charge in [-0.2, -0.15) is 0 Å². The number of benzene rings is 2. The summed E-state index contributed by atoms with van der Waals surface area (Å²) < 4.78 is 5.70. The number of methoxy groups -OCH3 is 1.